The highest BCUT2D eigenvalue weighted by molar-refractivity contribution is 5.93. The fourth-order valence-electron chi connectivity index (χ4n) is 1.61. The Balaban J connectivity index is 1.81. The molecule has 0 bridgehead atoms. The number of nitrogens with one attached hydrogen (secondary N) is 1. The van der Waals surface area contributed by atoms with E-state index in [4.69, 9.17) is 0 Å². The number of carbonyl (C=O) groups is 1. The van der Waals surface area contributed by atoms with Gasteiger partial charge in [0.15, 0.2) is 0 Å². The molecule has 0 saturated carbocycles. The van der Waals surface area contributed by atoms with Gasteiger partial charge in [0.2, 0.25) is 0 Å². The van der Waals surface area contributed by atoms with Gasteiger partial charge in [-0.25, -0.2) is 0 Å². The normalized spacial score (nSPS) is 10.2. The van der Waals surface area contributed by atoms with E-state index in [-0.39, 0.29) is 5.91 Å². The molecule has 0 aliphatic rings. The highest BCUT2D eigenvalue weighted by atomic mass is 16.1. The van der Waals surface area contributed by atoms with Gasteiger partial charge in [-0.05, 0) is 12.0 Å². The molecule has 17 heavy (non-hydrogen) atoms. The van der Waals surface area contributed by atoms with Crippen molar-refractivity contribution in [1.29, 1.82) is 0 Å². The molecule has 4 nitrogen and oxygen atoms in total. The third-order valence-corrected chi connectivity index (χ3v) is 2.51. The highest BCUT2D eigenvalue weighted by Crippen LogP contribution is 1.99. The standard InChI is InChI=1S/C13H15N3O/c1-16-10-12(9-15-16)13(17)14-8-7-11-5-3-2-4-6-11/h2-6,9-10H,7-8H2,1H3,(H,14,17). The third kappa shape index (κ3) is 3.17. The smallest absolute Gasteiger partial charge is 0.254 e. The van der Waals surface area contributed by atoms with Crippen LogP contribution in [0.25, 0.3) is 0 Å². The third-order valence-electron chi connectivity index (χ3n) is 2.51. The number of rotatable bonds is 4. The van der Waals surface area contributed by atoms with Gasteiger partial charge in [-0.2, -0.15) is 5.10 Å². The lowest BCUT2D eigenvalue weighted by atomic mass is 10.1. The van der Waals surface area contributed by atoms with Crippen molar-refractivity contribution in [3.63, 3.8) is 0 Å². The van der Waals surface area contributed by atoms with E-state index in [2.05, 4.69) is 22.5 Å². The molecule has 1 N–H and O–H groups in total. The molecular formula is C13H15N3O. The molecule has 0 spiro atoms. The van der Waals surface area contributed by atoms with Gasteiger partial charge < -0.3 is 5.32 Å². The fourth-order valence-corrected chi connectivity index (χ4v) is 1.61. The van der Waals surface area contributed by atoms with Crippen molar-refractivity contribution in [2.24, 2.45) is 7.05 Å². The first-order valence-electron chi connectivity index (χ1n) is 5.56. The molecular weight excluding hydrogens is 214 g/mol. The number of aryl methyl sites for hydroxylation is 1. The summed E-state index contributed by atoms with van der Waals surface area (Å²) < 4.78 is 1.62. The molecule has 0 fully saturated rings. The predicted molar refractivity (Wildman–Crippen MR) is 65.7 cm³/mol. The van der Waals surface area contributed by atoms with Crippen LogP contribution in [0.3, 0.4) is 0 Å². The van der Waals surface area contributed by atoms with Crippen LogP contribution in [-0.2, 0) is 13.5 Å². The lowest BCUT2D eigenvalue weighted by Gasteiger charge is -2.03. The monoisotopic (exact) mass is 229 g/mol. The molecule has 0 radical (unpaired) electrons. The predicted octanol–water partition coefficient (Wildman–Crippen LogP) is 1.39. The van der Waals surface area contributed by atoms with Crippen LogP contribution in [0, 0.1) is 0 Å². The summed E-state index contributed by atoms with van der Waals surface area (Å²) >= 11 is 0. The topological polar surface area (TPSA) is 46.9 Å². The number of aromatic nitrogens is 2. The fraction of sp³-hybridized carbons (Fsp3) is 0.231. The Labute approximate surface area is 100 Å². The highest BCUT2D eigenvalue weighted by Gasteiger charge is 2.06. The van der Waals surface area contributed by atoms with Crippen molar-refractivity contribution >= 4 is 5.91 Å². The maximum Gasteiger partial charge on any atom is 0.254 e. The molecule has 2 aromatic rings. The minimum atomic E-state index is -0.0750. The van der Waals surface area contributed by atoms with E-state index in [0.717, 1.165) is 6.42 Å². The number of hydrogen-bond donors (Lipinski definition) is 1. The molecule has 88 valence electrons. The Hall–Kier alpha value is -2.10. The molecule has 1 amide bonds. The van der Waals surface area contributed by atoms with E-state index in [0.29, 0.717) is 12.1 Å². The molecule has 0 aliphatic carbocycles. The van der Waals surface area contributed by atoms with Crippen LogP contribution in [0.2, 0.25) is 0 Å². The Morgan fingerprint density at radius 2 is 2.12 bits per heavy atom. The van der Waals surface area contributed by atoms with Crippen molar-refractivity contribution in [2.75, 3.05) is 6.54 Å². The minimum absolute atomic E-state index is 0.0750. The van der Waals surface area contributed by atoms with Crippen LogP contribution >= 0.6 is 0 Å². The zero-order valence-electron chi connectivity index (χ0n) is 9.76. The van der Waals surface area contributed by atoms with Crippen molar-refractivity contribution in [2.45, 2.75) is 6.42 Å². The zero-order chi connectivity index (χ0) is 12.1. The number of benzene rings is 1. The maximum atomic E-state index is 11.7. The van der Waals surface area contributed by atoms with E-state index in [1.54, 1.807) is 24.1 Å². The molecule has 4 heteroatoms. The average Bonchev–Trinajstić information content (AvgIpc) is 2.77. The first-order valence-corrected chi connectivity index (χ1v) is 5.56. The molecule has 1 aromatic carbocycles. The zero-order valence-corrected chi connectivity index (χ0v) is 9.76. The van der Waals surface area contributed by atoms with Crippen molar-refractivity contribution in [1.82, 2.24) is 15.1 Å². The van der Waals surface area contributed by atoms with Crippen molar-refractivity contribution < 1.29 is 4.79 Å². The van der Waals surface area contributed by atoms with Crippen molar-refractivity contribution in [3.8, 4) is 0 Å². The van der Waals surface area contributed by atoms with E-state index >= 15 is 0 Å². The number of amides is 1. The lowest BCUT2D eigenvalue weighted by Crippen LogP contribution is -2.25. The SMILES string of the molecule is Cn1cc(C(=O)NCCc2ccccc2)cn1. The van der Waals surface area contributed by atoms with E-state index in [1.165, 1.54) is 5.56 Å². The molecule has 0 saturated heterocycles. The summed E-state index contributed by atoms with van der Waals surface area (Å²) in [6, 6.07) is 10.1. The quantitative estimate of drug-likeness (QED) is 0.861. The Bertz CT molecular complexity index is 490. The average molecular weight is 229 g/mol. The largest absolute Gasteiger partial charge is 0.352 e. The molecule has 2 rings (SSSR count). The number of carbonyl (C=O) groups excluding carboxylic acids is 1. The van der Waals surface area contributed by atoms with Gasteiger partial charge >= 0.3 is 0 Å². The van der Waals surface area contributed by atoms with Gasteiger partial charge in [0, 0.05) is 19.8 Å². The molecule has 1 heterocycles. The second-order valence-electron chi connectivity index (χ2n) is 3.89. The summed E-state index contributed by atoms with van der Waals surface area (Å²) in [6.45, 7) is 0.637. The first kappa shape index (κ1) is 11.4. The maximum absolute atomic E-state index is 11.7. The molecule has 0 unspecified atom stereocenters. The van der Waals surface area contributed by atoms with Crippen LogP contribution < -0.4 is 5.32 Å². The first-order chi connectivity index (χ1) is 8.25. The lowest BCUT2D eigenvalue weighted by molar-refractivity contribution is 0.0954. The van der Waals surface area contributed by atoms with Crippen LogP contribution in [0.1, 0.15) is 15.9 Å². The Morgan fingerprint density at radius 1 is 1.35 bits per heavy atom. The van der Waals surface area contributed by atoms with Gasteiger partial charge in [0.1, 0.15) is 0 Å². The summed E-state index contributed by atoms with van der Waals surface area (Å²) in [6.07, 6.45) is 4.11. The summed E-state index contributed by atoms with van der Waals surface area (Å²) in [5.74, 6) is -0.0750. The second-order valence-corrected chi connectivity index (χ2v) is 3.89. The summed E-state index contributed by atoms with van der Waals surface area (Å²) in [5, 5.41) is 6.83. The van der Waals surface area contributed by atoms with Crippen LogP contribution in [0.15, 0.2) is 42.7 Å². The van der Waals surface area contributed by atoms with Crippen LogP contribution in [-0.4, -0.2) is 22.2 Å². The van der Waals surface area contributed by atoms with Gasteiger partial charge in [-0.15, -0.1) is 0 Å². The molecule has 1 aromatic heterocycles. The number of hydrogen-bond acceptors (Lipinski definition) is 2. The van der Waals surface area contributed by atoms with E-state index in [1.807, 2.05) is 18.2 Å². The number of nitrogens with zero attached hydrogens (tertiary/aromatic N) is 2. The van der Waals surface area contributed by atoms with Gasteiger partial charge in [0.25, 0.3) is 5.91 Å². The summed E-state index contributed by atoms with van der Waals surface area (Å²) in [4.78, 5) is 11.7. The minimum Gasteiger partial charge on any atom is -0.352 e. The van der Waals surface area contributed by atoms with Gasteiger partial charge in [-0.3, -0.25) is 9.48 Å². The van der Waals surface area contributed by atoms with Crippen LogP contribution in [0.5, 0.6) is 0 Å². The molecule has 0 aliphatic heterocycles. The van der Waals surface area contributed by atoms with Crippen LogP contribution in [0.4, 0.5) is 0 Å². The van der Waals surface area contributed by atoms with E-state index < -0.39 is 0 Å². The summed E-state index contributed by atoms with van der Waals surface area (Å²) in [5.41, 5.74) is 1.82. The van der Waals surface area contributed by atoms with Crippen molar-refractivity contribution in [3.05, 3.63) is 53.9 Å². The summed E-state index contributed by atoms with van der Waals surface area (Å²) in [7, 11) is 1.79. The van der Waals surface area contributed by atoms with Gasteiger partial charge in [0.05, 0.1) is 11.8 Å². The van der Waals surface area contributed by atoms with Gasteiger partial charge in [-0.1, -0.05) is 30.3 Å². The Morgan fingerprint density at radius 3 is 2.76 bits per heavy atom. The molecule has 0 atom stereocenters. The Kier molecular flexibility index (Phi) is 3.55. The van der Waals surface area contributed by atoms with E-state index in [9.17, 15) is 4.79 Å². The second kappa shape index (κ2) is 5.30.